The number of carbonyl (C=O) groups excluding carboxylic acids is 1. The third kappa shape index (κ3) is 4.31. The van der Waals surface area contributed by atoms with Crippen molar-refractivity contribution in [2.45, 2.75) is 13.1 Å². The maximum atomic E-state index is 13.2. The number of hydrogen-bond acceptors (Lipinski definition) is 4. The second-order valence-corrected chi connectivity index (χ2v) is 7.49. The number of benzene rings is 2. The highest BCUT2D eigenvalue weighted by Gasteiger charge is 2.22. The first-order valence-electron chi connectivity index (χ1n) is 9.39. The molecule has 1 aliphatic heterocycles. The predicted molar refractivity (Wildman–Crippen MR) is 109 cm³/mol. The van der Waals surface area contributed by atoms with Crippen molar-refractivity contribution in [2.75, 3.05) is 26.2 Å². The largest absolute Gasteiger partial charge is 0.339 e. The summed E-state index contributed by atoms with van der Waals surface area (Å²) < 4.78 is 14.5. The maximum Gasteiger partial charge on any atom is 0.261 e. The highest BCUT2D eigenvalue weighted by atomic mass is 35.5. The number of para-hydroxylation sites is 1. The van der Waals surface area contributed by atoms with Crippen LogP contribution < -0.4 is 5.56 Å². The van der Waals surface area contributed by atoms with Crippen molar-refractivity contribution in [3.8, 4) is 0 Å². The van der Waals surface area contributed by atoms with Crippen LogP contribution in [0, 0.1) is 5.82 Å². The van der Waals surface area contributed by atoms with Gasteiger partial charge in [-0.1, -0.05) is 29.8 Å². The molecule has 1 saturated heterocycles. The van der Waals surface area contributed by atoms with E-state index in [9.17, 15) is 14.0 Å². The summed E-state index contributed by atoms with van der Waals surface area (Å²) in [5, 5.41) is 0.912. The monoisotopic (exact) mass is 414 g/mol. The molecule has 0 radical (unpaired) electrons. The van der Waals surface area contributed by atoms with Crippen molar-refractivity contribution < 1.29 is 9.18 Å². The normalized spacial score (nSPS) is 15.0. The highest BCUT2D eigenvalue weighted by Crippen LogP contribution is 2.19. The lowest BCUT2D eigenvalue weighted by Gasteiger charge is -2.35. The Kier molecular flexibility index (Phi) is 5.60. The third-order valence-electron chi connectivity index (χ3n) is 5.17. The summed E-state index contributed by atoms with van der Waals surface area (Å²) in [5.74, 6) is -0.462. The van der Waals surface area contributed by atoms with Gasteiger partial charge in [0.15, 0.2) is 0 Å². The van der Waals surface area contributed by atoms with Crippen LogP contribution >= 0.6 is 11.6 Å². The Morgan fingerprint density at radius 1 is 1.10 bits per heavy atom. The average Bonchev–Trinajstić information content (AvgIpc) is 2.73. The van der Waals surface area contributed by atoms with Gasteiger partial charge in [-0.2, -0.15) is 0 Å². The predicted octanol–water partition coefficient (Wildman–Crippen LogP) is 2.53. The quantitative estimate of drug-likeness (QED) is 0.658. The Balaban J connectivity index is 1.37. The third-order valence-corrected chi connectivity index (χ3v) is 5.52. The van der Waals surface area contributed by atoms with E-state index in [1.165, 1.54) is 23.0 Å². The van der Waals surface area contributed by atoms with E-state index in [0.717, 1.165) is 5.56 Å². The van der Waals surface area contributed by atoms with Crippen molar-refractivity contribution in [3.05, 3.63) is 75.5 Å². The lowest BCUT2D eigenvalue weighted by molar-refractivity contribution is -0.133. The zero-order chi connectivity index (χ0) is 20.4. The molecule has 1 aliphatic rings. The van der Waals surface area contributed by atoms with Gasteiger partial charge in [0.25, 0.3) is 5.56 Å². The van der Waals surface area contributed by atoms with Gasteiger partial charge in [0.2, 0.25) is 5.91 Å². The Bertz CT molecular complexity index is 1110. The molecule has 0 aliphatic carbocycles. The minimum Gasteiger partial charge on any atom is -0.339 e. The van der Waals surface area contributed by atoms with E-state index >= 15 is 0 Å². The minimum atomic E-state index is -0.354. The Hall–Kier alpha value is -2.77. The van der Waals surface area contributed by atoms with Gasteiger partial charge >= 0.3 is 0 Å². The zero-order valence-corrected chi connectivity index (χ0v) is 16.5. The topological polar surface area (TPSA) is 58.4 Å². The lowest BCUT2D eigenvalue weighted by Crippen LogP contribution is -2.49. The van der Waals surface area contributed by atoms with E-state index in [-0.39, 0.29) is 23.8 Å². The molecule has 4 rings (SSSR count). The number of amides is 1. The number of carbonyl (C=O) groups is 1. The molecular formula is C21H20ClFN4O2. The van der Waals surface area contributed by atoms with E-state index in [1.807, 2.05) is 6.07 Å². The highest BCUT2D eigenvalue weighted by molar-refractivity contribution is 6.31. The minimum absolute atomic E-state index is 0.0273. The fourth-order valence-corrected chi connectivity index (χ4v) is 3.74. The van der Waals surface area contributed by atoms with E-state index < -0.39 is 0 Å². The van der Waals surface area contributed by atoms with Crippen molar-refractivity contribution in [1.82, 2.24) is 19.4 Å². The molecule has 29 heavy (non-hydrogen) atoms. The van der Waals surface area contributed by atoms with Gasteiger partial charge in [-0.05, 0) is 29.8 Å². The molecule has 150 valence electrons. The molecule has 0 spiro atoms. The van der Waals surface area contributed by atoms with Crippen LogP contribution in [0.25, 0.3) is 10.9 Å². The summed E-state index contributed by atoms with van der Waals surface area (Å²) in [6.07, 6.45) is 1.43. The summed E-state index contributed by atoms with van der Waals surface area (Å²) in [5.41, 5.74) is 1.27. The molecule has 1 fully saturated rings. The van der Waals surface area contributed by atoms with Crippen molar-refractivity contribution >= 4 is 28.4 Å². The summed E-state index contributed by atoms with van der Waals surface area (Å²) in [4.78, 5) is 33.4. The van der Waals surface area contributed by atoms with Gasteiger partial charge in [0.05, 0.1) is 17.2 Å². The van der Waals surface area contributed by atoms with Crippen LogP contribution in [0.5, 0.6) is 0 Å². The van der Waals surface area contributed by atoms with E-state index in [0.29, 0.717) is 48.6 Å². The van der Waals surface area contributed by atoms with Gasteiger partial charge in [-0.25, -0.2) is 9.37 Å². The molecule has 0 N–H and O–H groups in total. The Labute approximate surface area is 172 Å². The van der Waals surface area contributed by atoms with Crippen LogP contribution in [0.3, 0.4) is 0 Å². The number of halogens is 2. The molecule has 1 aromatic heterocycles. The average molecular weight is 415 g/mol. The number of aromatic nitrogens is 2. The van der Waals surface area contributed by atoms with Crippen molar-refractivity contribution in [2.24, 2.45) is 0 Å². The summed E-state index contributed by atoms with van der Waals surface area (Å²) in [7, 11) is 0. The molecule has 6 nitrogen and oxygen atoms in total. The second kappa shape index (κ2) is 8.31. The van der Waals surface area contributed by atoms with Gasteiger partial charge in [0, 0.05) is 37.7 Å². The molecule has 0 bridgehead atoms. The molecule has 2 aromatic carbocycles. The van der Waals surface area contributed by atoms with E-state index in [2.05, 4.69) is 9.88 Å². The maximum absolute atomic E-state index is 13.2. The van der Waals surface area contributed by atoms with Crippen molar-refractivity contribution in [3.63, 3.8) is 0 Å². The van der Waals surface area contributed by atoms with Crippen LogP contribution in [0.4, 0.5) is 4.39 Å². The number of nitrogens with zero attached hydrogens (tertiary/aromatic N) is 4. The molecule has 3 aromatic rings. The van der Waals surface area contributed by atoms with Gasteiger partial charge in [-0.3, -0.25) is 19.1 Å². The van der Waals surface area contributed by atoms with Gasteiger partial charge in [-0.15, -0.1) is 0 Å². The van der Waals surface area contributed by atoms with E-state index in [4.69, 9.17) is 11.6 Å². The molecule has 8 heteroatoms. The second-order valence-electron chi connectivity index (χ2n) is 7.09. The summed E-state index contributed by atoms with van der Waals surface area (Å²) in [6, 6.07) is 11.5. The van der Waals surface area contributed by atoms with Crippen LogP contribution in [0.1, 0.15) is 5.56 Å². The lowest BCUT2D eigenvalue weighted by atomic mass is 10.2. The fraction of sp³-hybridized carbons (Fsp3) is 0.286. The SMILES string of the molecule is O=C(Cn1cnc2ccccc2c1=O)N1CCN(Cc2ccc(F)cc2Cl)CC1. The zero-order valence-electron chi connectivity index (χ0n) is 15.7. The van der Waals surface area contributed by atoms with Crippen molar-refractivity contribution in [1.29, 1.82) is 0 Å². The Morgan fingerprint density at radius 3 is 2.62 bits per heavy atom. The van der Waals surface area contributed by atoms with Crippen LogP contribution in [0.15, 0.2) is 53.6 Å². The van der Waals surface area contributed by atoms with Crippen LogP contribution in [-0.4, -0.2) is 51.4 Å². The fourth-order valence-electron chi connectivity index (χ4n) is 3.51. The number of rotatable bonds is 4. The first-order chi connectivity index (χ1) is 14.0. The molecule has 1 amide bonds. The molecule has 0 saturated carbocycles. The number of piperazine rings is 1. The molecule has 2 heterocycles. The smallest absolute Gasteiger partial charge is 0.261 e. The van der Waals surface area contributed by atoms with Gasteiger partial charge in [0.1, 0.15) is 12.4 Å². The van der Waals surface area contributed by atoms with E-state index in [1.54, 1.807) is 29.2 Å². The molecule has 0 unspecified atom stereocenters. The first-order valence-corrected chi connectivity index (χ1v) is 9.77. The van der Waals surface area contributed by atoms with Gasteiger partial charge < -0.3 is 4.90 Å². The Morgan fingerprint density at radius 2 is 1.86 bits per heavy atom. The summed E-state index contributed by atoms with van der Waals surface area (Å²) >= 11 is 6.10. The first kappa shape index (κ1) is 19.5. The summed E-state index contributed by atoms with van der Waals surface area (Å²) in [6.45, 7) is 3.07. The number of fused-ring (bicyclic) bond motifs is 1. The standard InChI is InChI=1S/C21H20ClFN4O2/c22-18-11-16(23)6-5-15(18)12-25-7-9-26(10-8-25)20(28)13-27-14-24-19-4-2-1-3-17(19)21(27)29/h1-6,11,14H,7-10,12-13H2. The molecule has 0 atom stereocenters. The molecular weight excluding hydrogens is 395 g/mol. The number of hydrogen-bond donors (Lipinski definition) is 0. The van der Waals surface area contributed by atoms with Crippen LogP contribution in [0.2, 0.25) is 5.02 Å². The van der Waals surface area contributed by atoms with Crippen LogP contribution in [-0.2, 0) is 17.9 Å².